The lowest BCUT2D eigenvalue weighted by Crippen LogP contribution is -2.41. The molecule has 0 radical (unpaired) electrons. The number of hydrogen-bond donors (Lipinski definition) is 1. The second-order valence-electron chi connectivity index (χ2n) is 7.59. The van der Waals surface area contributed by atoms with Crippen LogP contribution in [0.25, 0.3) is 0 Å². The fraction of sp³-hybridized carbons (Fsp3) is 0.944. The van der Waals surface area contributed by atoms with E-state index in [4.69, 9.17) is 14.5 Å². The lowest BCUT2D eigenvalue weighted by Gasteiger charge is -2.25. The number of guanidine groups is 1. The van der Waals surface area contributed by atoms with Crippen LogP contribution < -0.4 is 5.32 Å². The maximum Gasteiger partial charge on any atom is 0.193 e. The SMILES string of the molecule is CCNC(=NCC1(CCOCC)CC1)N1CCC2(CCOC2)C1.I. The van der Waals surface area contributed by atoms with E-state index >= 15 is 0 Å². The minimum absolute atomic E-state index is 0. The zero-order valence-corrected chi connectivity index (χ0v) is 17.6. The Bertz CT molecular complexity index is 420. The summed E-state index contributed by atoms with van der Waals surface area (Å²) in [6.45, 7) is 11.9. The Hall–Kier alpha value is -0.0800. The first kappa shape index (κ1) is 20.2. The molecule has 2 aliphatic heterocycles. The molecule has 5 nitrogen and oxygen atoms in total. The monoisotopic (exact) mass is 451 g/mol. The summed E-state index contributed by atoms with van der Waals surface area (Å²) in [6.07, 6.45) is 6.22. The van der Waals surface area contributed by atoms with Crippen molar-refractivity contribution in [1.29, 1.82) is 0 Å². The van der Waals surface area contributed by atoms with Gasteiger partial charge in [-0.3, -0.25) is 4.99 Å². The Balaban J connectivity index is 0.00000208. The van der Waals surface area contributed by atoms with Gasteiger partial charge in [-0.15, -0.1) is 24.0 Å². The van der Waals surface area contributed by atoms with Gasteiger partial charge >= 0.3 is 0 Å². The van der Waals surface area contributed by atoms with Crippen molar-refractivity contribution < 1.29 is 9.47 Å². The highest BCUT2D eigenvalue weighted by Gasteiger charge is 2.44. The van der Waals surface area contributed by atoms with Crippen LogP contribution in [0.4, 0.5) is 0 Å². The predicted molar refractivity (Wildman–Crippen MR) is 108 cm³/mol. The van der Waals surface area contributed by atoms with Crippen molar-refractivity contribution >= 4 is 29.9 Å². The van der Waals surface area contributed by atoms with Gasteiger partial charge in [-0.25, -0.2) is 0 Å². The van der Waals surface area contributed by atoms with Gasteiger partial charge in [-0.2, -0.15) is 0 Å². The third kappa shape index (κ3) is 4.97. The molecule has 0 aromatic heterocycles. The normalized spacial score (nSPS) is 28.2. The van der Waals surface area contributed by atoms with E-state index in [0.29, 0.717) is 10.8 Å². The largest absolute Gasteiger partial charge is 0.382 e. The quantitative estimate of drug-likeness (QED) is 0.280. The average molecular weight is 451 g/mol. The van der Waals surface area contributed by atoms with Crippen LogP contribution in [0.1, 0.15) is 46.0 Å². The fourth-order valence-corrected chi connectivity index (χ4v) is 3.85. The average Bonchev–Trinajstić information content (AvgIpc) is 2.99. The summed E-state index contributed by atoms with van der Waals surface area (Å²) in [6, 6.07) is 0. The summed E-state index contributed by atoms with van der Waals surface area (Å²) in [4.78, 5) is 7.45. The molecule has 2 heterocycles. The van der Waals surface area contributed by atoms with Crippen molar-refractivity contribution in [3.8, 4) is 0 Å². The van der Waals surface area contributed by atoms with Crippen molar-refractivity contribution in [2.24, 2.45) is 15.8 Å². The summed E-state index contributed by atoms with van der Waals surface area (Å²) in [7, 11) is 0. The van der Waals surface area contributed by atoms with Crippen LogP contribution in [0.3, 0.4) is 0 Å². The first-order valence-electron chi connectivity index (χ1n) is 9.40. The number of hydrogen-bond acceptors (Lipinski definition) is 3. The molecular formula is C18H34IN3O2. The Labute approximate surface area is 164 Å². The zero-order valence-electron chi connectivity index (χ0n) is 15.3. The van der Waals surface area contributed by atoms with E-state index in [0.717, 1.165) is 65.0 Å². The Morgan fingerprint density at radius 1 is 1.25 bits per heavy atom. The van der Waals surface area contributed by atoms with Gasteiger partial charge in [0.05, 0.1) is 6.61 Å². The molecule has 1 unspecified atom stereocenters. The molecule has 3 rings (SSSR count). The van der Waals surface area contributed by atoms with Gasteiger partial charge in [0, 0.05) is 51.4 Å². The van der Waals surface area contributed by atoms with Crippen LogP contribution in [0.15, 0.2) is 4.99 Å². The molecule has 0 aromatic carbocycles. The van der Waals surface area contributed by atoms with Crippen molar-refractivity contribution in [3.05, 3.63) is 0 Å². The molecule has 140 valence electrons. The van der Waals surface area contributed by atoms with Crippen molar-refractivity contribution in [3.63, 3.8) is 0 Å². The summed E-state index contributed by atoms with van der Waals surface area (Å²) < 4.78 is 11.2. The number of halogens is 1. The van der Waals surface area contributed by atoms with Crippen molar-refractivity contribution in [1.82, 2.24) is 10.2 Å². The Kier molecular flexibility index (Phi) is 7.61. The molecule has 1 N–H and O–H groups in total. The number of nitrogens with one attached hydrogen (secondary N) is 1. The van der Waals surface area contributed by atoms with Gasteiger partial charge in [0.15, 0.2) is 5.96 Å². The summed E-state index contributed by atoms with van der Waals surface area (Å²) in [5, 5.41) is 3.50. The second kappa shape index (κ2) is 9.03. The molecular weight excluding hydrogens is 417 g/mol. The Morgan fingerprint density at radius 2 is 2.08 bits per heavy atom. The lowest BCUT2D eigenvalue weighted by atomic mass is 9.87. The fourth-order valence-electron chi connectivity index (χ4n) is 3.85. The van der Waals surface area contributed by atoms with Crippen LogP contribution in [-0.4, -0.2) is 63.5 Å². The minimum atomic E-state index is 0. The molecule has 3 aliphatic rings. The molecule has 1 atom stereocenters. The first-order valence-corrected chi connectivity index (χ1v) is 9.40. The van der Waals surface area contributed by atoms with Crippen molar-refractivity contribution in [2.75, 3.05) is 52.6 Å². The van der Waals surface area contributed by atoms with Crippen LogP contribution in [0.2, 0.25) is 0 Å². The molecule has 0 bridgehead atoms. The third-order valence-electron chi connectivity index (χ3n) is 5.76. The summed E-state index contributed by atoms with van der Waals surface area (Å²) in [5.41, 5.74) is 0.812. The van der Waals surface area contributed by atoms with E-state index < -0.39 is 0 Å². The minimum Gasteiger partial charge on any atom is -0.382 e. The van der Waals surface area contributed by atoms with E-state index in [1.54, 1.807) is 0 Å². The summed E-state index contributed by atoms with van der Waals surface area (Å²) in [5.74, 6) is 1.11. The number of rotatable bonds is 7. The van der Waals surface area contributed by atoms with Gasteiger partial charge < -0.3 is 19.7 Å². The molecule has 6 heteroatoms. The molecule has 1 aliphatic carbocycles. The van der Waals surface area contributed by atoms with E-state index in [-0.39, 0.29) is 24.0 Å². The molecule has 3 fully saturated rings. The van der Waals surface area contributed by atoms with Gasteiger partial charge in [0.25, 0.3) is 0 Å². The molecule has 0 aromatic rings. The maximum atomic E-state index is 5.65. The van der Waals surface area contributed by atoms with Gasteiger partial charge in [-0.1, -0.05) is 0 Å². The molecule has 0 amide bonds. The van der Waals surface area contributed by atoms with Gasteiger partial charge in [-0.05, 0) is 51.4 Å². The highest BCUT2D eigenvalue weighted by Crippen LogP contribution is 2.49. The van der Waals surface area contributed by atoms with Crippen LogP contribution in [0, 0.1) is 10.8 Å². The summed E-state index contributed by atoms with van der Waals surface area (Å²) >= 11 is 0. The topological polar surface area (TPSA) is 46.1 Å². The zero-order chi connectivity index (χ0) is 16.2. The van der Waals surface area contributed by atoms with Crippen LogP contribution in [0.5, 0.6) is 0 Å². The highest BCUT2D eigenvalue weighted by atomic mass is 127. The highest BCUT2D eigenvalue weighted by molar-refractivity contribution is 14.0. The van der Waals surface area contributed by atoms with Crippen LogP contribution >= 0.6 is 24.0 Å². The smallest absolute Gasteiger partial charge is 0.193 e. The number of likely N-dealkylation sites (tertiary alicyclic amines) is 1. The van der Waals surface area contributed by atoms with Crippen molar-refractivity contribution in [2.45, 2.75) is 46.0 Å². The number of nitrogens with zero attached hydrogens (tertiary/aromatic N) is 2. The van der Waals surface area contributed by atoms with E-state index in [1.165, 1.54) is 25.7 Å². The van der Waals surface area contributed by atoms with E-state index in [1.807, 2.05) is 0 Å². The maximum absolute atomic E-state index is 5.65. The number of aliphatic imine (C=N–C) groups is 1. The molecule has 1 saturated carbocycles. The first-order chi connectivity index (χ1) is 11.2. The predicted octanol–water partition coefficient (Wildman–Crippen LogP) is 2.89. The third-order valence-corrected chi connectivity index (χ3v) is 5.76. The van der Waals surface area contributed by atoms with Gasteiger partial charge in [0.1, 0.15) is 0 Å². The lowest BCUT2D eigenvalue weighted by molar-refractivity contribution is 0.129. The van der Waals surface area contributed by atoms with Gasteiger partial charge in [0.2, 0.25) is 0 Å². The molecule has 2 saturated heterocycles. The standard InChI is InChI=1S/C18H33N3O2.HI/c1-3-19-16(20-13-17(5-6-17)8-11-22-4-2)21-10-7-18(14-21)9-12-23-15-18;/h3-15H2,1-2H3,(H,19,20);1H. The molecule has 24 heavy (non-hydrogen) atoms. The van der Waals surface area contributed by atoms with Crippen LogP contribution in [-0.2, 0) is 9.47 Å². The Morgan fingerprint density at radius 3 is 2.71 bits per heavy atom. The molecule has 1 spiro atoms. The number of ether oxygens (including phenoxy) is 2. The van der Waals surface area contributed by atoms with E-state index in [2.05, 4.69) is 24.1 Å². The van der Waals surface area contributed by atoms with E-state index in [9.17, 15) is 0 Å². The second-order valence-corrected chi connectivity index (χ2v) is 7.59.